The Morgan fingerprint density at radius 3 is 2.32 bits per heavy atom. The number of benzene rings is 1. The monoisotopic (exact) mass is 297 g/mol. The molecule has 2 heterocycles. The molecule has 1 fully saturated rings. The van der Waals surface area contributed by atoms with Crippen LogP contribution in [0.5, 0.6) is 0 Å². The van der Waals surface area contributed by atoms with Crippen molar-refractivity contribution in [2.24, 2.45) is 0 Å². The maximum absolute atomic E-state index is 12.5. The van der Waals surface area contributed by atoms with E-state index in [9.17, 15) is 4.79 Å². The van der Waals surface area contributed by atoms with Crippen molar-refractivity contribution in [1.82, 2.24) is 20.0 Å². The number of hydrogen-bond donors (Lipinski definition) is 1. The predicted molar refractivity (Wildman–Crippen MR) is 85.3 cm³/mol. The number of hydrogen-bond acceptors (Lipinski definition) is 5. The molecule has 0 aliphatic carbocycles. The standard InChI is InChI=1S/C16H19N5O/c1-20-6-8-21(9-7-20)16(22)13-4-2-12(3-5-13)14-10-18-19-11-15(14)17/h2-5,10-11H,6-9H2,1H3,(H2,17,18). The number of likely N-dealkylation sites (N-methyl/N-ethyl adjacent to an activating group) is 1. The average molecular weight is 297 g/mol. The Bertz CT molecular complexity index is 662. The summed E-state index contributed by atoms with van der Waals surface area (Å²) >= 11 is 0. The Hall–Kier alpha value is -2.47. The maximum Gasteiger partial charge on any atom is 0.253 e. The highest BCUT2D eigenvalue weighted by Crippen LogP contribution is 2.24. The van der Waals surface area contributed by atoms with Crippen LogP contribution in [0.15, 0.2) is 36.7 Å². The molecule has 0 spiro atoms. The van der Waals surface area contributed by atoms with E-state index in [1.807, 2.05) is 29.2 Å². The van der Waals surface area contributed by atoms with Crippen LogP contribution < -0.4 is 5.73 Å². The first kappa shape index (κ1) is 14.5. The molecule has 3 rings (SSSR count). The van der Waals surface area contributed by atoms with E-state index in [1.165, 1.54) is 6.20 Å². The summed E-state index contributed by atoms with van der Waals surface area (Å²) in [6, 6.07) is 7.49. The van der Waals surface area contributed by atoms with Gasteiger partial charge < -0.3 is 15.5 Å². The van der Waals surface area contributed by atoms with E-state index in [4.69, 9.17) is 5.73 Å². The SMILES string of the molecule is CN1CCN(C(=O)c2ccc(-c3cnncc3N)cc2)CC1. The second-order valence-corrected chi connectivity index (χ2v) is 5.53. The number of nitrogens with two attached hydrogens (primary N) is 1. The van der Waals surface area contributed by atoms with E-state index < -0.39 is 0 Å². The normalized spacial score (nSPS) is 15.8. The first-order chi connectivity index (χ1) is 10.6. The van der Waals surface area contributed by atoms with E-state index in [0.29, 0.717) is 11.3 Å². The number of anilines is 1. The molecule has 1 amide bonds. The number of piperazine rings is 1. The molecule has 6 nitrogen and oxygen atoms in total. The molecule has 114 valence electrons. The third-order valence-corrected chi connectivity index (χ3v) is 3.99. The average Bonchev–Trinajstić information content (AvgIpc) is 2.56. The van der Waals surface area contributed by atoms with Gasteiger partial charge in [-0.15, -0.1) is 0 Å². The van der Waals surface area contributed by atoms with Crippen molar-refractivity contribution >= 4 is 11.6 Å². The lowest BCUT2D eigenvalue weighted by Gasteiger charge is -2.32. The molecular formula is C16H19N5O. The summed E-state index contributed by atoms with van der Waals surface area (Å²) in [5, 5.41) is 7.59. The number of amides is 1. The summed E-state index contributed by atoms with van der Waals surface area (Å²) in [6.07, 6.45) is 3.16. The van der Waals surface area contributed by atoms with E-state index in [-0.39, 0.29) is 5.91 Å². The van der Waals surface area contributed by atoms with Crippen LogP contribution in [-0.2, 0) is 0 Å². The van der Waals surface area contributed by atoms with Crippen LogP contribution in [0.1, 0.15) is 10.4 Å². The van der Waals surface area contributed by atoms with Crippen LogP contribution in [-0.4, -0.2) is 59.1 Å². The summed E-state index contributed by atoms with van der Waals surface area (Å²) in [5.41, 5.74) is 8.94. The highest BCUT2D eigenvalue weighted by Gasteiger charge is 2.20. The minimum atomic E-state index is 0.0838. The summed E-state index contributed by atoms with van der Waals surface area (Å²) in [5.74, 6) is 0.0838. The fourth-order valence-electron chi connectivity index (χ4n) is 2.56. The van der Waals surface area contributed by atoms with Gasteiger partial charge in [0.25, 0.3) is 5.91 Å². The number of aromatic nitrogens is 2. The van der Waals surface area contributed by atoms with Crippen LogP contribution in [0.3, 0.4) is 0 Å². The van der Waals surface area contributed by atoms with Gasteiger partial charge in [-0.25, -0.2) is 0 Å². The zero-order valence-corrected chi connectivity index (χ0v) is 12.6. The van der Waals surface area contributed by atoms with Gasteiger partial charge in [0.2, 0.25) is 0 Å². The third-order valence-electron chi connectivity index (χ3n) is 3.99. The van der Waals surface area contributed by atoms with Gasteiger partial charge in [0, 0.05) is 37.3 Å². The Balaban J connectivity index is 1.77. The molecular weight excluding hydrogens is 278 g/mol. The molecule has 1 aliphatic rings. The molecule has 0 saturated carbocycles. The van der Waals surface area contributed by atoms with E-state index in [1.54, 1.807) is 6.20 Å². The molecule has 1 aromatic heterocycles. The predicted octanol–water partition coefficient (Wildman–Crippen LogP) is 1.11. The number of carbonyl (C=O) groups is 1. The molecule has 6 heteroatoms. The van der Waals surface area contributed by atoms with Crippen molar-refractivity contribution in [2.45, 2.75) is 0 Å². The lowest BCUT2D eigenvalue weighted by Crippen LogP contribution is -2.47. The molecule has 1 saturated heterocycles. The zero-order valence-electron chi connectivity index (χ0n) is 12.6. The third kappa shape index (κ3) is 2.92. The highest BCUT2D eigenvalue weighted by atomic mass is 16.2. The Morgan fingerprint density at radius 1 is 1.05 bits per heavy atom. The van der Waals surface area contributed by atoms with Gasteiger partial charge >= 0.3 is 0 Å². The molecule has 22 heavy (non-hydrogen) atoms. The Labute approximate surface area is 129 Å². The minimum absolute atomic E-state index is 0.0838. The van der Waals surface area contributed by atoms with Crippen LogP contribution >= 0.6 is 0 Å². The lowest BCUT2D eigenvalue weighted by atomic mass is 10.0. The van der Waals surface area contributed by atoms with Crippen LogP contribution in [0.4, 0.5) is 5.69 Å². The van der Waals surface area contributed by atoms with E-state index in [2.05, 4.69) is 22.1 Å². The smallest absolute Gasteiger partial charge is 0.253 e. The molecule has 1 aromatic carbocycles. The van der Waals surface area contributed by atoms with Crippen molar-refractivity contribution in [3.8, 4) is 11.1 Å². The zero-order chi connectivity index (χ0) is 15.5. The molecule has 2 N–H and O–H groups in total. The van der Waals surface area contributed by atoms with Gasteiger partial charge in [-0.2, -0.15) is 10.2 Å². The summed E-state index contributed by atoms with van der Waals surface area (Å²) in [4.78, 5) is 16.6. The van der Waals surface area contributed by atoms with Crippen molar-refractivity contribution in [2.75, 3.05) is 39.0 Å². The van der Waals surface area contributed by atoms with E-state index in [0.717, 1.165) is 37.3 Å². The second-order valence-electron chi connectivity index (χ2n) is 5.53. The van der Waals surface area contributed by atoms with E-state index >= 15 is 0 Å². The summed E-state index contributed by atoms with van der Waals surface area (Å²) < 4.78 is 0. The van der Waals surface area contributed by atoms with Crippen molar-refractivity contribution < 1.29 is 4.79 Å². The molecule has 0 bridgehead atoms. The molecule has 0 radical (unpaired) electrons. The van der Waals surface area contributed by atoms with Gasteiger partial charge in [0.1, 0.15) is 0 Å². The molecule has 0 unspecified atom stereocenters. The first-order valence-electron chi connectivity index (χ1n) is 7.29. The van der Waals surface area contributed by atoms with Gasteiger partial charge in [0.15, 0.2) is 0 Å². The quantitative estimate of drug-likeness (QED) is 0.899. The first-order valence-corrected chi connectivity index (χ1v) is 7.29. The van der Waals surface area contributed by atoms with Gasteiger partial charge in [-0.05, 0) is 24.7 Å². The topological polar surface area (TPSA) is 75.3 Å². The molecule has 2 aromatic rings. The molecule has 1 aliphatic heterocycles. The fourth-order valence-corrected chi connectivity index (χ4v) is 2.56. The van der Waals surface area contributed by atoms with Crippen molar-refractivity contribution in [3.63, 3.8) is 0 Å². The van der Waals surface area contributed by atoms with Crippen LogP contribution in [0.25, 0.3) is 11.1 Å². The molecule has 0 atom stereocenters. The van der Waals surface area contributed by atoms with Crippen molar-refractivity contribution in [3.05, 3.63) is 42.2 Å². The number of nitrogen functional groups attached to an aromatic ring is 1. The van der Waals surface area contributed by atoms with Crippen molar-refractivity contribution in [1.29, 1.82) is 0 Å². The van der Waals surface area contributed by atoms with Gasteiger partial charge in [-0.3, -0.25) is 4.79 Å². The largest absolute Gasteiger partial charge is 0.397 e. The lowest BCUT2D eigenvalue weighted by molar-refractivity contribution is 0.0664. The Kier molecular flexibility index (Phi) is 4.02. The Morgan fingerprint density at radius 2 is 1.68 bits per heavy atom. The second kappa shape index (κ2) is 6.11. The minimum Gasteiger partial charge on any atom is -0.397 e. The number of rotatable bonds is 2. The van der Waals surface area contributed by atoms with Crippen LogP contribution in [0.2, 0.25) is 0 Å². The number of nitrogens with zero attached hydrogens (tertiary/aromatic N) is 4. The fraction of sp³-hybridized carbons (Fsp3) is 0.312. The summed E-state index contributed by atoms with van der Waals surface area (Å²) in [6.45, 7) is 3.39. The van der Waals surface area contributed by atoms with Crippen LogP contribution in [0, 0.1) is 0 Å². The summed E-state index contributed by atoms with van der Waals surface area (Å²) in [7, 11) is 2.07. The van der Waals surface area contributed by atoms with Gasteiger partial charge in [-0.1, -0.05) is 12.1 Å². The number of carbonyl (C=O) groups excluding carboxylic acids is 1. The maximum atomic E-state index is 12.5. The van der Waals surface area contributed by atoms with Gasteiger partial charge in [0.05, 0.1) is 18.1 Å². The highest BCUT2D eigenvalue weighted by molar-refractivity contribution is 5.95.